The second-order valence-electron chi connectivity index (χ2n) is 8.64. The van der Waals surface area contributed by atoms with Crippen LogP contribution < -0.4 is 16.4 Å². The third kappa shape index (κ3) is 3.01. The first-order valence-corrected chi connectivity index (χ1v) is 11.2. The van der Waals surface area contributed by atoms with Gasteiger partial charge in [0.15, 0.2) is 0 Å². The van der Waals surface area contributed by atoms with Crippen LogP contribution in [0.15, 0.2) is 36.4 Å². The Hall–Kier alpha value is -2.94. The standard InChI is InChI=1S/C23H20Cl2N4O4/c1-10-13(24)7-6-12-19(10)27-22(33)23(12)18-17(15(28-23)8-16(26)30)20(31)29(21(18)32)9-11-4-2-3-5-14(11)25/h2-7,15,17-18,28H,8-9H2,1H3,(H2,26,30)(H,27,33)/t15-,17-,18+,23-/m1/s1. The van der Waals surface area contributed by atoms with Crippen molar-refractivity contribution in [1.29, 1.82) is 0 Å². The van der Waals surface area contributed by atoms with Crippen molar-refractivity contribution in [2.45, 2.75) is 31.5 Å². The summed E-state index contributed by atoms with van der Waals surface area (Å²) in [6.45, 7) is 1.73. The van der Waals surface area contributed by atoms with E-state index < -0.39 is 47.0 Å². The molecule has 5 rings (SSSR count). The molecule has 33 heavy (non-hydrogen) atoms. The van der Waals surface area contributed by atoms with E-state index in [9.17, 15) is 19.2 Å². The smallest absolute Gasteiger partial charge is 0.250 e. The Bertz CT molecular complexity index is 1250. The molecule has 10 heteroatoms. The van der Waals surface area contributed by atoms with Crippen molar-refractivity contribution in [2.24, 2.45) is 17.6 Å². The van der Waals surface area contributed by atoms with Crippen LogP contribution in [0.3, 0.4) is 0 Å². The molecule has 0 unspecified atom stereocenters. The number of primary amides is 1. The van der Waals surface area contributed by atoms with Crippen molar-refractivity contribution in [2.75, 3.05) is 5.32 Å². The zero-order valence-corrected chi connectivity index (χ0v) is 19.0. The molecular formula is C23H20Cl2N4O4. The second-order valence-corrected chi connectivity index (χ2v) is 9.45. The van der Waals surface area contributed by atoms with Crippen LogP contribution in [0, 0.1) is 18.8 Å². The average Bonchev–Trinajstić information content (AvgIpc) is 3.33. The molecule has 170 valence electrons. The minimum atomic E-state index is -1.52. The van der Waals surface area contributed by atoms with E-state index in [0.717, 1.165) is 4.90 Å². The molecule has 0 bridgehead atoms. The van der Waals surface area contributed by atoms with Crippen molar-refractivity contribution in [1.82, 2.24) is 10.2 Å². The zero-order valence-electron chi connectivity index (χ0n) is 17.5. The normalized spacial score (nSPS) is 27.8. The number of imide groups is 1. The highest BCUT2D eigenvalue weighted by Gasteiger charge is 2.70. The van der Waals surface area contributed by atoms with Crippen LogP contribution in [-0.2, 0) is 31.3 Å². The van der Waals surface area contributed by atoms with Gasteiger partial charge in [0.2, 0.25) is 23.6 Å². The van der Waals surface area contributed by atoms with Crippen LogP contribution in [0.25, 0.3) is 0 Å². The van der Waals surface area contributed by atoms with Crippen LogP contribution >= 0.6 is 23.2 Å². The van der Waals surface area contributed by atoms with E-state index >= 15 is 0 Å². The van der Waals surface area contributed by atoms with Crippen molar-refractivity contribution in [3.8, 4) is 0 Å². The second kappa shape index (κ2) is 7.55. The van der Waals surface area contributed by atoms with Crippen molar-refractivity contribution in [3.05, 3.63) is 63.1 Å². The Labute approximate surface area is 199 Å². The predicted molar refractivity (Wildman–Crippen MR) is 121 cm³/mol. The van der Waals surface area contributed by atoms with Gasteiger partial charge in [0.1, 0.15) is 5.54 Å². The maximum absolute atomic E-state index is 13.7. The Balaban J connectivity index is 1.63. The molecule has 3 heterocycles. The number of carbonyl (C=O) groups excluding carboxylic acids is 4. The number of nitrogens with one attached hydrogen (secondary N) is 2. The number of benzene rings is 2. The van der Waals surface area contributed by atoms with Crippen LogP contribution in [0.4, 0.5) is 5.69 Å². The van der Waals surface area contributed by atoms with Crippen molar-refractivity contribution < 1.29 is 19.2 Å². The summed E-state index contributed by atoms with van der Waals surface area (Å²) in [5.41, 5.74) is 6.22. The maximum atomic E-state index is 13.7. The summed E-state index contributed by atoms with van der Waals surface area (Å²) in [5.74, 6) is -4.05. The number of anilines is 1. The summed E-state index contributed by atoms with van der Waals surface area (Å²) in [5, 5.41) is 6.87. The number of amides is 4. The van der Waals surface area contributed by atoms with Gasteiger partial charge in [-0.25, -0.2) is 0 Å². The molecule has 0 radical (unpaired) electrons. The Morgan fingerprint density at radius 2 is 1.82 bits per heavy atom. The number of nitrogens with zero attached hydrogens (tertiary/aromatic N) is 1. The Morgan fingerprint density at radius 1 is 1.09 bits per heavy atom. The highest BCUT2D eigenvalue weighted by Crippen LogP contribution is 2.54. The van der Waals surface area contributed by atoms with E-state index in [1.807, 2.05) is 0 Å². The minimum absolute atomic E-state index is 0.0299. The summed E-state index contributed by atoms with van der Waals surface area (Å²) in [6.07, 6.45) is -0.197. The molecule has 3 aliphatic rings. The fourth-order valence-electron chi connectivity index (χ4n) is 5.39. The summed E-state index contributed by atoms with van der Waals surface area (Å²) >= 11 is 12.5. The number of carbonyl (C=O) groups is 4. The number of hydrogen-bond donors (Lipinski definition) is 3. The van der Waals surface area contributed by atoms with Crippen LogP contribution in [0.1, 0.15) is 23.1 Å². The van der Waals surface area contributed by atoms with Crippen LogP contribution in [-0.4, -0.2) is 34.6 Å². The molecule has 2 saturated heterocycles. The molecule has 2 aromatic rings. The number of nitrogens with two attached hydrogens (primary N) is 1. The average molecular weight is 487 g/mol. The largest absolute Gasteiger partial charge is 0.370 e. The predicted octanol–water partition coefficient (Wildman–Crippen LogP) is 2.10. The molecule has 0 aliphatic carbocycles. The lowest BCUT2D eigenvalue weighted by atomic mass is 9.76. The maximum Gasteiger partial charge on any atom is 0.250 e. The van der Waals surface area contributed by atoms with E-state index in [4.69, 9.17) is 28.9 Å². The number of halogens is 2. The molecule has 8 nitrogen and oxygen atoms in total. The summed E-state index contributed by atoms with van der Waals surface area (Å²) in [7, 11) is 0. The van der Waals surface area contributed by atoms with E-state index in [-0.39, 0.29) is 13.0 Å². The van der Waals surface area contributed by atoms with E-state index in [2.05, 4.69) is 10.6 Å². The lowest BCUT2D eigenvalue weighted by molar-refractivity contribution is -0.143. The van der Waals surface area contributed by atoms with Gasteiger partial charge in [0, 0.05) is 28.1 Å². The van der Waals surface area contributed by atoms with Gasteiger partial charge in [-0.05, 0) is 30.2 Å². The fraction of sp³-hybridized carbons (Fsp3) is 0.304. The van der Waals surface area contributed by atoms with Gasteiger partial charge in [-0.3, -0.25) is 29.4 Å². The summed E-state index contributed by atoms with van der Waals surface area (Å²) in [6, 6.07) is 9.46. The first kappa shape index (κ1) is 21.9. The van der Waals surface area contributed by atoms with Gasteiger partial charge >= 0.3 is 0 Å². The molecule has 0 aromatic heterocycles. The van der Waals surface area contributed by atoms with Gasteiger partial charge in [-0.2, -0.15) is 0 Å². The van der Waals surface area contributed by atoms with E-state index in [1.54, 1.807) is 43.3 Å². The quantitative estimate of drug-likeness (QED) is 0.571. The molecule has 4 amide bonds. The molecular weight excluding hydrogens is 467 g/mol. The van der Waals surface area contributed by atoms with E-state index in [0.29, 0.717) is 32.4 Å². The number of hydrogen-bond acceptors (Lipinski definition) is 5. The van der Waals surface area contributed by atoms with Crippen molar-refractivity contribution in [3.63, 3.8) is 0 Å². The first-order valence-electron chi connectivity index (χ1n) is 10.4. The molecule has 3 aliphatic heterocycles. The van der Waals surface area contributed by atoms with Gasteiger partial charge in [-0.15, -0.1) is 0 Å². The monoisotopic (exact) mass is 486 g/mol. The summed E-state index contributed by atoms with van der Waals surface area (Å²) < 4.78 is 0. The van der Waals surface area contributed by atoms with Crippen molar-refractivity contribution >= 4 is 52.5 Å². The van der Waals surface area contributed by atoms with Crippen LogP contribution in [0.5, 0.6) is 0 Å². The molecule has 0 saturated carbocycles. The zero-order chi connectivity index (χ0) is 23.7. The third-order valence-corrected chi connectivity index (χ3v) is 7.66. The molecule has 4 N–H and O–H groups in total. The topological polar surface area (TPSA) is 122 Å². The van der Waals surface area contributed by atoms with Gasteiger partial charge in [-0.1, -0.05) is 47.5 Å². The number of fused-ring (bicyclic) bond motifs is 4. The highest BCUT2D eigenvalue weighted by atomic mass is 35.5. The highest BCUT2D eigenvalue weighted by molar-refractivity contribution is 6.32. The van der Waals surface area contributed by atoms with Gasteiger partial charge < -0.3 is 11.1 Å². The molecule has 4 atom stereocenters. The third-order valence-electron chi connectivity index (χ3n) is 6.88. The van der Waals surface area contributed by atoms with Gasteiger partial charge in [0.05, 0.1) is 24.1 Å². The number of likely N-dealkylation sites (tertiary alicyclic amines) is 1. The summed E-state index contributed by atoms with van der Waals surface area (Å²) in [4.78, 5) is 53.6. The molecule has 2 fully saturated rings. The SMILES string of the molecule is Cc1c(Cl)ccc2c1NC(=O)[C@@]21N[C@H](CC(N)=O)[C@H]2C(=O)N(Cc3ccccc3Cl)C(=O)[C@H]21. The minimum Gasteiger partial charge on any atom is -0.370 e. The number of rotatable bonds is 4. The molecule has 2 aromatic carbocycles. The van der Waals surface area contributed by atoms with E-state index in [1.165, 1.54) is 0 Å². The lowest BCUT2D eigenvalue weighted by Gasteiger charge is -2.29. The van der Waals surface area contributed by atoms with Crippen LogP contribution in [0.2, 0.25) is 10.0 Å². The molecule has 1 spiro atoms. The Kier molecular flexibility index (Phi) is 5.00. The Morgan fingerprint density at radius 3 is 2.52 bits per heavy atom. The fourth-order valence-corrected chi connectivity index (χ4v) is 5.75. The lowest BCUT2D eigenvalue weighted by Crippen LogP contribution is -2.53. The first-order chi connectivity index (χ1) is 15.7. The van der Waals surface area contributed by atoms with Gasteiger partial charge in [0.25, 0.3) is 0 Å².